The molecule has 2 aromatic rings. The Balaban J connectivity index is 2.34. The number of amides is 1. The Labute approximate surface area is 136 Å². The van der Waals surface area contributed by atoms with Crippen molar-refractivity contribution >= 4 is 21.4 Å². The number of hydrogen-bond acceptors (Lipinski definition) is 3. The number of benzene rings is 2. The van der Waals surface area contributed by atoms with E-state index in [1.807, 2.05) is 19.9 Å². The number of hydrogen-bond donors (Lipinski definition) is 1. The molecule has 5 heteroatoms. The molecule has 1 amide bonds. The van der Waals surface area contributed by atoms with E-state index in [0.29, 0.717) is 5.69 Å². The Morgan fingerprint density at radius 2 is 1.74 bits per heavy atom. The first kappa shape index (κ1) is 17.0. The third kappa shape index (κ3) is 3.87. The number of nitrogens with one attached hydrogen (secondary N) is 1. The van der Waals surface area contributed by atoms with E-state index in [-0.39, 0.29) is 21.6 Å². The molecule has 0 aliphatic rings. The van der Waals surface area contributed by atoms with Crippen molar-refractivity contribution in [3.8, 4) is 0 Å². The Hall–Kier alpha value is -2.40. The average molecular weight is 329 g/mol. The lowest BCUT2D eigenvalue weighted by molar-refractivity contribution is -0.111. The van der Waals surface area contributed by atoms with Crippen LogP contribution in [-0.4, -0.2) is 14.3 Å². The summed E-state index contributed by atoms with van der Waals surface area (Å²) in [5.74, 6) is -0.0908. The van der Waals surface area contributed by atoms with E-state index >= 15 is 0 Å². The molecule has 0 atom stereocenters. The first-order valence-corrected chi connectivity index (χ1v) is 8.71. The largest absolute Gasteiger partial charge is 0.323 e. The molecule has 1 N–H and O–H groups in total. The van der Waals surface area contributed by atoms with Crippen LogP contribution in [0.2, 0.25) is 0 Å². The summed E-state index contributed by atoms with van der Waals surface area (Å²) in [6, 6.07) is 13.0. The molecule has 0 aromatic heterocycles. The van der Waals surface area contributed by atoms with Gasteiger partial charge in [0.25, 0.3) is 0 Å². The van der Waals surface area contributed by atoms with E-state index in [1.54, 1.807) is 30.3 Å². The standard InChI is InChI=1S/C18H19NO3S/c1-4-18(20)19-15-8-10-16(11-9-15)23(21,22)17-7-5-6-14(12-17)13(2)3/h4-13H,1H2,2-3H3,(H,19,20). The van der Waals surface area contributed by atoms with Gasteiger partial charge in [-0.15, -0.1) is 0 Å². The van der Waals surface area contributed by atoms with Gasteiger partial charge >= 0.3 is 0 Å². The monoisotopic (exact) mass is 329 g/mol. The SMILES string of the molecule is C=CC(=O)Nc1ccc(S(=O)(=O)c2cccc(C(C)C)c2)cc1. The molecule has 2 rings (SSSR count). The Kier molecular flexibility index (Phi) is 5.01. The normalized spacial score (nSPS) is 11.3. The van der Waals surface area contributed by atoms with Crippen LogP contribution in [0.5, 0.6) is 0 Å². The van der Waals surface area contributed by atoms with E-state index < -0.39 is 9.84 Å². The number of rotatable bonds is 5. The lowest BCUT2D eigenvalue weighted by Gasteiger charge is -2.10. The van der Waals surface area contributed by atoms with Gasteiger partial charge in [-0.05, 0) is 54.0 Å². The minimum atomic E-state index is -3.58. The summed E-state index contributed by atoms with van der Waals surface area (Å²) in [6.07, 6.45) is 1.15. The summed E-state index contributed by atoms with van der Waals surface area (Å²) < 4.78 is 25.4. The van der Waals surface area contributed by atoms with Gasteiger partial charge in [0.05, 0.1) is 9.79 Å². The van der Waals surface area contributed by atoms with Gasteiger partial charge in [-0.3, -0.25) is 4.79 Å². The predicted octanol–water partition coefficient (Wildman–Crippen LogP) is 3.77. The summed E-state index contributed by atoms with van der Waals surface area (Å²) >= 11 is 0. The second-order valence-corrected chi connectivity index (χ2v) is 7.40. The molecule has 0 spiro atoms. The van der Waals surface area contributed by atoms with E-state index in [0.717, 1.165) is 11.6 Å². The molecule has 2 aromatic carbocycles. The van der Waals surface area contributed by atoms with Crippen molar-refractivity contribution in [2.75, 3.05) is 5.32 Å². The maximum Gasteiger partial charge on any atom is 0.247 e. The quantitative estimate of drug-likeness (QED) is 0.849. The highest BCUT2D eigenvalue weighted by atomic mass is 32.2. The fourth-order valence-electron chi connectivity index (χ4n) is 2.09. The minimum Gasteiger partial charge on any atom is -0.323 e. The molecular weight excluding hydrogens is 310 g/mol. The first-order valence-electron chi connectivity index (χ1n) is 7.23. The van der Waals surface area contributed by atoms with Crippen molar-refractivity contribution in [1.29, 1.82) is 0 Å². The molecule has 0 aliphatic carbocycles. The van der Waals surface area contributed by atoms with E-state index in [1.165, 1.54) is 12.1 Å². The van der Waals surface area contributed by atoms with Gasteiger partial charge in [0.15, 0.2) is 0 Å². The van der Waals surface area contributed by atoms with Crippen molar-refractivity contribution in [3.63, 3.8) is 0 Å². The number of carbonyl (C=O) groups is 1. The molecule has 0 bridgehead atoms. The maximum atomic E-state index is 12.7. The van der Waals surface area contributed by atoms with Crippen LogP contribution in [0.3, 0.4) is 0 Å². The zero-order valence-electron chi connectivity index (χ0n) is 13.1. The van der Waals surface area contributed by atoms with Gasteiger partial charge in [0.1, 0.15) is 0 Å². The molecule has 120 valence electrons. The third-order valence-electron chi connectivity index (χ3n) is 3.45. The van der Waals surface area contributed by atoms with Crippen molar-refractivity contribution in [3.05, 3.63) is 66.7 Å². The zero-order chi connectivity index (χ0) is 17.0. The van der Waals surface area contributed by atoms with Gasteiger partial charge < -0.3 is 5.32 Å². The molecule has 23 heavy (non-hydrogen) atoms. The van der Waals surface area contributed by atoms with Gasteiger partial charge in [0, 0.05) is 5.69 Å². The molecule has 0 saturated heterocycles. The lowest BCUT2D eigenvalue weighted by Crippen LogP contribution is -2.08. The molecule has 0 radical (unpaired) electrons. The highest BCUT2D eigenvalue weighted by Crippen LogP contribution is 2.25. The summed E-state index contributed by atoms with van der Waals surface area (Å²) in [5.41, 5.74) is 1.49. The predicted molar refractivity (Wildman–Crippen MR) is 91.3 cm³/mol. The summed E-state index contributed by atoms with van der Waals surface area (Å²) in [5, 5.41) is 2.58. The number of anilines is 1. The Bertz CT molecular complexity index is 822. The smallest absolute Gasteiger partial charge is 0.247 e. The molecule has 0 unspecified atom stereocenters. The van der Waals surface area contributed by atoms with Crippen LogP contribution in [0, 0.1) is 0 Å². The summed E-state index contributed by atoms with van der Waals surface area (Å²) in [7, 11) is -3.58. The van der Waals surface area contributed by atoms with Crippen LogP contribution >= 0.6 is 0 Å². The van der Waals surface area contributed by atoms with E-state index in [9.17, 15) is 13.2 Å². The minimum absolute atomic E-state index is 0.190. The molecule has 4 nitrogen and oxygen atoms in total. The summed E-state index contributed by atoms with van der Waals surface area (Å²) in [6.45, 7) is 7.40. The zero-order valence-corrected chi connectivity index (χ0v) is 13.9. The highest BCUT2D eigenvalue weighted by Gasteiger charge is 2.18. The van der Waals surface area contributed by atoms with Crippen LogP contribution in [-0.2, 0) is 14.6 Å². The van der Waals surface area contributed by atoms with Crippen molar-refractivity contribution < 1.29 is 13.2 Å². The van der Waals surface area contributed by atoms with Gasteiger partial charge in [-0.25, -0.2) is 8.42 Å². The lowest BCUT2D eigenvalue weighted by atomic mass is 10.0. The molecule has 0 heterocycles. The third-order valence-corrected chi connectivity index (χ3v) is 5.22. The molecular formula is C18H19NO3S. The van der Waals surface area contributed by atoms with Crippen LogP contribution in [0.15, 0.2) is 71.0 Å². The highest BCUT2D eigenvalue weighted by molar-refractivity contribution is 7.91. The fraction of sp³-hybridized carbons (Fsp3) is 0.167. The second-order valence-electron chi connectivity index (χ2n) is 5.45. The van der Waals surface area contributed by atoms with Crippen LogP contribution < -0.4 is 5.32 Å². The van der Waals surface area contributed by atoms with Crippen molar-refractivity contribution in [2.24, 2.45) is 0 Å². The van der Waals surface area contributed by atoms with Gasteiger partial charge in [0.2, 0.25) is 15.7 Å². The Morgan fingerprint density at radius 3 is 2.30 bits per heavy atom. The Morgan fingerprint density at radius 1 is 1.09 bits per heavy atom. The van der Waals surface area contributed by atoms with Gasteiger partial charge in [-0.1, -0.05) is 32.6 Å². The molecule has 0 fully saturated rings. The van der Waals surface area contributed by atoms with E-state index in [2.05, 4.69) is 11.9 Å². The molecule has 0 aliphatic heterocycles. The van der Waals surface area contributed by atoms with Crippen LogP contribution in [0.4, 0.5) is 5.69 Å². The van der Waals surface area contributed by atoms with Crippen molar-refractivity contribution in [1.82, 2.24) is 0 Å². The average Bonchev–Trinajstić information content (AvgIpc) is 2.55. The topological polar surface area (TPSA) is 63.2 Å². The second kappa shape index (κ2) is 6.79. The van der Waals surface area contributed by atoms with Crippen LogP contribution in [0.1, 0.15) is 25.3 Å². The fourth-order valence-corrected chi connectivity index (χ4v) is 3.40. The van der Waals surface area contributed by atoms with Gasteiger partial charge in [-0.2, -0.15) is 0 Å². The number of carbonyl (C=O) groups excluding carboxylic acids is 1. The molecule has 0 saturated carbocycles. The van der Waals surface area contributed by atoms with Crippen molar-refractivity contribution in [2.45, 2.75) is 29.6 Å². The maximum absolute atomic E-state index is 12.7. The number of sulfone groups is 1. The van der Waals surface area contributed by atoms with E-state index in [4.69, 9.17) is 0 Å². The first-order chi connectivity index (χ1) is 10.8. The summed E-state index contributed by atoms with van der Waals surface area (Å²) in [4.78, 5) is 11.7. The van der Waals surface area contributed by atoms with Crippen LogP contribution in [0.25, 0.3) is 0 Å².